The van der Waals surface area contributed by atoms with Crippen LogP contribution in [0.5, 0.6) is 0 Å². The SMILES string of the molecule is O=C(NN=C(Cc1ccccc1)Cc1ccccc1)c1cccnc1. The van der Waals surface area contributed by atoms with E-state index in [1.807, 2.05) is 36.4 Å². The zero-order chi connectivity index (χ0) is 17.3. The second-order valence-corrected chi connectivity index (χ2v) is 5.69. The molecule has 124 valence electrons. The van der Waals surface area contributed by atoms with Crippen LogP contribution in [0.2, 0.25) is 0 Å². The molecule has 0 aliphatic rings. The highest BCUT2D eigenvalue weighted by molar-refractivity contribution is 5.95. The maximum Gasteiger partial charge on any atom is 0.272 e. The van der Waals surface area contributed by atoms with Crippen molar-refractivity contribution >= 4 is 11.6 Å². The summed E-state index contributed by atoms with van der Waals surface area (Å²) in [5.74, 6) is -0.258. The monoisotopic (exact) mass is 329 g/mol. The lowest BCUT2D eigenvalue weighted by atomic mass is 10.0. The van der Waals surface area contributed by atoms with Gasteiger partial charge < -0.3 is 0 Å². The highest BCUT2D eigenvalue weighted by Gasteiger charge is 2.07. The van der Waals surface area contributed by atoms with Gasteiger partial charge in [0.2, 0.25) is 0 Å². The topological polar surface area (TPSA) is 54.4 Å². The minimum absolute atomic E-state index is 0.258. The van der Waals surface area contributed by atoms with E-state index in [4.69, 9.17) is 0 Å². The van der Waals surface area contributed by atoms with Crippen LogP contribution in [-0.2, 0) is 12.8 Å². The van der Waals surface area contributed by atoms with Crippen molar-refractivity contribution < 1.29 is 4.79 Å². The molecule has 0 atom stereocenters. The first-order valence-corrected chi connectivity index (χ1v) is 8.15. The quantitative estimate of drug-likeness (QED) is 0.554. The molecule has 0 aliphatic heterocycles. The molecule has 25 heavy (non-hydrogen) atoms. The second kappa shape index (κ2) is 8.55. The van der Waals surface area contributed by atoms with E-state index in [1.54, 1.807) is 18.3 Å². The van der Waals surface area contributed by atoms with E-state index < -0.39 is 0 Å². The molecule has 3 aromatic rings. The third-order valence-corrected chi connectivity index (χ3v) is 3.74. The molecule has 0 radical (unpaired) electrons. The fourth-order valence-corrected chi connectivity index (χ4v) is 2.50. The minimum Gasteiger partial charge on any atom is -0.267 e. The number of nitrogens with zero attached hydrogens (tertiary/aromatic N) is 2. The number of carbonyl (C=O) groups excluding carboxylic acids is 1. The van der Waals surface area contributed by atoms with Gasteiger partial charge in [0.25, 0.3) is 5.91 Å². The van der Waals surface area contributed by atoms with E-state index in [0.717, 1.165) is 16.8 Å². The lowest BCUT2D eigenvalue weighted by Gasteiger charge is -2.08. The summed E-state index contributed by atoms with van der Waals surface area (Å²) in [5, 5.41) is 4.38. The molecule has 0 saturated heterocycles. The van der Waals surface area contributed by atoms with E-state index in [1.165, 1.54) is 6.20 Å². The van der Waals surface area contributed by atoms with E-state index in [2.05, 4.69) is 39.8 Å². The van der Waals surface area contributed by atoms with Crippen molar-refractivity contribution in [3.63, 3.8) is 0 Å². The average Bonchev–Trinajstić information content (AvgIpc) is 2.68. The van der Waals surface area contributed by atoms with Gasteiger partial charge in [-0.15, -0.1) is 0 Å². The second-order valence-electron chi connectivity index (χ2n) is 5.69. The van der Waals surface area contributed by atoms with Gasteiger partial charge in [-0.25, -0.2) is 5.43 Å². The predicted molar refractivity (Wildman–Crippen MR) is 99.4 cm³/mol. The lowest BCUT2D eigenvalue weighted by Crippen LogP contribution is -2.21. The fraction of sp³-hybridized carbons (Fsp3) is 0.0952. The molecule has 2 aromatic carbocycles. The van der Waals surface area contributed by atoms with Gasteiger partial charge in [-0.3, -0.25) is 9.78 Å². The van der Waals surface area contributed by atoms with E-state index >= 15 is 0 Å². The summed E-state index contributed by atoms with van der Waals surface area (Å²) in [5.41, 5.74) is 6.36. The number of hydrazone groups is 1. The third kappa shape index (κ3) is 5.11. The van der Waals surface area contributed by atoms with Gasteiger partial charge in [0, 0.05) is 30.9 Å². The van der Waals surface area contributed by atoms with Crippen molar-refractivity contribution in [3.05, 3.63) is 102 Å². The summed E-state index contributed by atoms with van der Waals surface area (Å²) in [7, 11) is 0. The Morgan fingerprint density at radius 2 is 1.44 bits per heavy atom. The molecule has 0 saturated carbocycles. The summed E-state index contributed by atoms with van der Waals surface area (Å²) in [6.45, 7) is 0. The van der Waals surface area contributed by atoms with Crippen LogP contribution in [0.25, 0.3) is 0 Å². The molecule has 0 bridgehead atoms. The van der Waals surface area contributed by atoms with Crippen molar-refractivity contribution in [2.24, 2.45) is 5.10 Å². The third-order valence-electron chi connectivity index (χ3n) is 3.74. The first kappa shape index (κ1) is 16.6. The van der Waals surface area contributed by atoms with Crippen LogP contribution < -0.4 is 5.43 Å². The van der Waals surface area contributed by atoms with Crippen molar-refractivity contribution in [3.8, 4) is 0 Å². The van der Waals surface area contributed by atoms with Gasteiger partial charge in [-0.2, -0.15) is 5.10 Å². The molecule has 0 unspecified atom stereocenters. The van der Waals surface area contributed by atoms with Crippen molar-refractivity contribution in [2.45, 2.75) is 12.8 Å². The Kier molecular flexibility index (Phi) is 5.67. The highest BCUT2D eigenvalue weighted by atomic mass is 16.2. The zero-order valence-corrected chi connectivity index (χ0v) is 13.8. The first-order chi connectivity index (χ1) is 12.3. The standard InChI is InChI=1S/C21H19N3O/c25-21(19-12-7-13-22-16-19)24-23-20(14-17-8-3-1-4-9-17)15-18-10-5-2-6-11-18/h1-13,16H,14-15H2,(H,24,25). The summed E-state index contributed by atoms with van der Waals surface area (Å²) in [6.07, 6.45) is 4.53. The number of amides is 1. The molecule has 4 nitrogen and oxygen atoms in total. The van der Waals surface area contributed by atoms with Crippen LogP contribution in [-0.4, -0.2) is 16.6 Å². The molecular formula is C21H19N3O. The van der Waals surface area contributed by atoms with Gasteiger partial charge in [0.1, 0.15) is 0 Å². The average molecular weight is 329 g/mol. The Morgan fingerprint density at radius 3 is 1.96 bits per heavy atom. The lowest BCUT2D eigenvalue weighted by molar-refractivity contribution is 0.0954. The number of aromatic nitrogens is 1. The van der Waals surface area contributed by atoms with Crippen LogP contribution >= 0.6 is 0 Å². The molecule has 1 N–H and O–H groups in total. The van der Waals surface area contributed by atoms with Gasteiger partial charge in [-0.05, 0) is 23.3 Å². The Morgan fingerprint density at radius 1 is 0.840 bits per heavy atom. The van der Waals surface area contributed by atoms with Crippen LogP contribution in [0, 0.1) is 0 Å². The number of carbonyl (C=O) groups is 1. The number of rotatable bonds is 6. The number of hydrogen-bond acceptors (Lipinski definition) is 3. The van der Waals surface area contributed by atoms with Crippen LogP contribution in [0.4, 0.5) is 0 Å². The maximum absolute atomic E-state index is 12.2. The van der Waals surface area contributed by atoms with E-state index in [0.29, 0.717) is 18.4 Å². The molecule has 1 heterocycles. The van der Waals surface area contributed by atoms with Gasteiger partial charge in [-0.1, -0.05) is 60.7 Å². The van der Waals surface area contributed by atoms with Crippen molar-refractivity contribution in [1.29, 1.82) is 0 Å². The summed E-state index contributed by atoms with van der Waals surface area (Å²) < 4.78 is 0. The molecule has 3 rings (SSSR count). The molecule has 1 amide bonds. The van der Waals surface area contributed by atoms with Crippen LogP contribution in [0.3, 0.4) is 0 Å². The maximum atomic E-state index is 12.2. The predicted octanol–water partition coefficient (Wildman–Crippen LogP) is 3.65. The van der Waals surface area contributed by atoms with Gasteiger partial charge in [0.15, 0.2) is 0 Å². The largest absolute Gasteiger partial charge is 0.272 e. The first-order valence-electron chi connectivity index (χ1n) is 8.15. The summed E-state index contributed by atoms with van der Waals surface area (Å²) in [6, 6.07) is 23.7. The minimum atomic E-state index is -0.258. The summed E-state index contributed by atoms with van der Waals surface area (Å²) in [4.78, 5) is 16.2. The molecule has 0 fully saturated rings. The molecule has 4 heteroatoms. The Labute approximate surface area is 147 Å². The number of pyridine rings is 1. The zero-order valence-electron chi connectivity index (χ0n) is 13.8. The van der Waals surface area contributed by atoms with Crippen molar-refractivity contribution in [2.75, 3.05) is 0 Å². The van der Waals surface area contributed by atoms with E-state index in [-0.39, 0.29) is 5.91 Å². The number of nitrogens with one attached hydrogen (secondary N) is 1. The molecular weight excluding hydrogens is 310 g/mol. The number of benzene rings is 2. The summed E-state index contributed by atoms with van der Waals surface area (Å²) >= 11 is 0. The fourth-order valence-electron chi connectivity index (χ4n) is 2.50. The highest BCUT2D eigenvalue weighted by Crippen LogP contribution is 2.07. The molecule has 0 spiro atoms. The molecule has 0 aliphatic carbocycles. The number of hydrogen-bond donors (Lipinski definition) is 1. The van der Waals surface area contributed by atoms with Crippen LogP contribution in [0.1, 0.15) is 21.5 Å². The Hall–Kier alpha value is -3.27. The van der Waals surface area contributed by atoms with E-state index in [9.17, 15) is 4.79 Å². The molecule has 1 aromatic heterocycles. The normalized spacial score (nSPS) is 10.1. The Bertz CT molecular complexity index is 787. The van der Waals surface area contributed by atoms with Gasteiger partial charge >= 0.3 is 0 Å². The van der Waals surface area contributed by atoms with Gasteiger partial charge in [0.05, 0.1) is 5.56 Å². The van der Waals surface area contributed by atoms with Crippen LogP contribution in [0.15, 0.2) is 90.3 Å². The smallest absolute Gasteiger partial charge is 0.267 e. The Balaban J connectivity index is 1.76. The van der Waals surface area contributed by atoms with Crippen molar-refractivity contribution in [1.82, 2.24) is 10.4 Å².